The summed E-state index contributed by atoms with van der Waals surface area (Å²) >= 11 is 0. The standard InChI is InChI=1S/C21H28N4O2S.HI/c1-16-5-3-7-19(13-16)24-21(22)23-14-18-8-10-20(11-9-18)28(26,27)25-12-4-6-17(2)15-25;/h3,5,7-11,13,17H,4,6,12,14-15H2,1-2H3,(H3,22,23,24);1H. The number of nitrogens with zero attached hydrogens (tertiary/aromatic N) is 2. The van der Waals surface area contributed by atoms with Gasteiger partial charge in [0.05, 0.1) is 11.4 Å². The van der Waals surface area contributed by atoms with Crippen LogP contribution in [0, 0.1) is 12.8 Å². The summed E-state index contributed by atoms with van der Waals surface area (Å²) in [5, 5.41) is 3.06. The van der Waals surface area contributed by atoms with Gasteiger partial charge in [-0.3, -0.25) is 0 Å². The second-order valence-corrected chi connectivity index (χ2v) is 9.39. The fourth-order valence-electron chi connectivity index (χ4n) is 3.37. The Kier molecular flexibility index (Phi) is 8.47. The molecule has 2 aromatic rings. The first-order valence-corrected chi connectivity index (χ1v) is 11.0. The summed E-state index contributed by atoms with van der Waals surface area (Å²) in [6.07, 6.45) is 2.00. The second kappa shape index (κ2) is 10.4. The predicted molar refractivity (Wildman–Crippen MR) is 129 cm³/mol. The van der Waals surface area contributed by atoms with E-state index in [2.05, 4.69) is 17.2 Å². The number of nitrogens with one attached hydrogen (secondary N) is 1. The van der Waals surface area contributed by atoms with Gasteiger partial charge in [0.15, 0.2) is 5.96 Å². The van der Waals surface area contributed by atoms with Gasteiger partial charge in [0.25, 0.3) is 0 Å². The van der Waals surface area contributed by atoms with Gasteiger partial charge in [-0.05, 0) is 61.1 Å². The van der Waals surface area contributed by atoms with Crippen LogP contribution < -0.4 is 11.1 Å². The van der Waals surface area contributed by atoms with E-state index in [1.54, 1.807) is 28.6 Å². The first-order chi connectivity index (χ1) is 13.3. The largest absolute Gasteiger partial charge is 0.370 e. The molecule has 1 aliphatic rings. The molecule has 0 spiro atoms. The van der Waals surface area contributed by atoms with Crippen LogP contribution in [-0.2, 0) is 16.6 Å². The normalized spacial score (nSPS) is 18.1. The molecule has 6 nitrogen and oxygen atoms in total. The van der Waals surface area contributed by atoms with Crippen LogP contribution in [0.25, 0.3) is 0 Å². The molecule has 0 bridgehead atoms. The molecule has 3 N–H and O–H groups in total. The zero-order valence-corrected chi connectivity index (χ0v) is 20.0. The lowest BCUT2D eigenvalue weighted by Gasteiger charge is -2.30. The van der Waals surface area contributed by atoms with Gasteiger partial charge in [0.1, 0.15) is 0 Å². The van der Waals surface area contributed by atoms with Crippen molar-refractivity contribution in [3.8, 4) is 0 Å². The van der Waals surface area contributed by atoms with E-state index in [9.17, 15) is 8.42 Å². The van der Waals surface area contributed by atoms with E-state index in [1.807, 2.05) is 31.2 Å². The molecule has 0 aliphatic carbocycles. The van der Waals surface area contributed by atoms with Crippen LogP contribution >= 0.6 is 24.0 Å². The van der Waals surface area contributed by atoms with Crippen LogP contribution in [-0.4, -0.2) is 31.8 Å². The highest BCUT2D eigenvalue weighted by molar-refractivity contribution is 14.0. The number of halogens is 1. The van der Waals surface area contributed by atoms with E-state index in [0.29, 0.717) is 36.4 Å². The number of hydrogen-bond donors (Lipinski definition) is 2. The molecule has 0 radical (unpaired) electrons. The number of guanidine groups is 1. The summed E-state index contributed by atoms with van der Waals surface area (Å²) in [4.78, 5) is 4.67. The van der Waals surface area contributed by atoms with Crippen LogP contribution in [0.3, 0.4) is 0 Å². The zero-order chi connectivity index (χ0) is 20.1. The molecule has 0 aromatic heterocycles. The molecule has 158 valence electrons. The third-order valence-electron chi connectivity index (χ3n) is 4.90. The summed E-state index contributed by atoms with van der Waals surface area (Å²) < 4.78 is 27.2. The molecule has 3 rings (SSSR count). The number of nitrogens with two attached hydrogens (primary N) is 1. The molecular formula is C21H29IN4O2S. The highest BCUT2D eigenvalue weighted by atomic mass is 127. The Hall–Kier alpha value is -1.65. The van der Waals surface area contributed by atoms with E-state index >= 15 is 0 Å². The summed E-state index contributed by atoms with van der Waals surface area (Å²) in [6, 6.07) is 14.8. The third kappa shape index (κ3) is 6.42. The van der Waals surface area contributed by atoms with Crippen molar-refractivity contribution in [2.45, 2.75) is 38.1 Å². The molecule has 2 aromatic carbocycles. The molecule has 1 aliphatic heterocycles. The van der Waals surface area contributed by atoms with Gasteiger partial charge < -0.3 is 11.1 Å². The summed E-state index contributed by atoms with van der Waals surface area (Å²) in [5.74, 6) is 0.727. The van der Waals surface area contributed by atoms with Crippen molar-refractivity contribution in [3.05, 3.63) is 59.7 Å². The molecule has 1 atom stereocenters. The molecule has 8 heteroatoms. The average Bonchev–Trinajstić information content (AvgIpc) is 2.67. The van der Waals surface area contributed by atoms with Crippen molar-refractivity contribution in [2.75, 3.05) is 18.4 Å². The van der Waals surface area contributed by atoms with Gasteiger partial charge >= 0.3 is 0 Å². The molecule has 0 amide bonds. The second-order valence-electron chi connectivity index (χ2n) is 7.45. The Labute approximate surface area is 190 Å². The lowest BCUT2D eigenvalue weighted by Crippen LogP contribution is -2.39. The minimum Gasteiger partial charge on any atom is -0.370 e. The molecular weight excluding hydrogens is 499 g/mol. The van der Waals surface area contributed by atoms with E-state index in [-0.39, 0.29) is 24.0 Å². The molecule has 1 unspecified atom stereocenters. The SMILES string of the molecule is Cc1cccc(NC(N)=NCc2ccc(S(=O)(=O)N3CCCC(C)C3)cc2)c1.I. The van der Waals surface area contributed by atoms with Crippen LogP contribution in [0.4, 0.5) is 5.69 Å². The number of piperidine rings is 1. The van der Waals surface area contributed by atoms with Gasteiger partial charge in [-0.1, -0.05) is 31.2 Å². The highest BCUT2D eigenvalue weighted by Gasteiger charge is 2.28. The summed E-state index contributed by atoms with van der Waals surface area (Å²) in [5.41, 5.74) is 8.88. The van der Waals surface area contributed by atoms with Crippen molar-refractivity contribution >= 4 is 45.6 Å². The van der Waals surface area contributed by atoms with E-state index in [4.69, 9.17) is 5.73 Å². The van der Waals surface area contributed by atoms with Gasteiger partial charge in [-0.2, -0.15) is 4.31 Å². The van der Waals surface area contributed by atoms with E-state index in [0.717, 1.165) is 29.7 Å². The number of aryl methyl sites for hydroxylation is 1. The Bertz CT molecular complexity index is 945. The molecule has 1 saturated heterocycles. The Morgan fingerprint density at radius 1 is 1.24 bits per heavy atom. The highest BCUT2D eigenvalue weighted by Crippen LogP contribution is 2.23. The number of benzene rings is 2. The van der Waals surface area contributed by atoms with Crippen molar-refractivity contribution in [2.24, 2.45) is 16.6 Å². The quantitative estimate of drug-likeness (QED) is 0.350. The minimum atomic E-state index is -3.43. The van der Waals surface area contributed by atoms with Crippen molar-refractivity contribution in [1.29, 1.82) is 0 Å². The smallest absolute Gasteiger partial charge is 0.243 e. The van der Waals surface area contributed by atoms with Crippen LogP contribution in [0.2, 0.25) is 0 Å². The lowest BCUT2D eigenvalue weighted by atomic mass is 10.0. The van der Waals surface area contributed by atoms with Gasteiger partial charge in [0, 0.05) is 18.8 Å². The maximum Gasteiger partial charge on any atom is 0.243 e. The fourth-order valence-corrected chi connectivity index (χ4v) is 4.97. The van der Waals surface area contributed by atoms with Gasteiger partial charge in [0.2, 0.25) is 10.0 Å². The van der Waals surface area contributed by atoms with Gasteiger partial charge in [-0.25, -0.2) is 13.4 Å². The average molecular weight is 528 g/mol. The summed E-state index contributed by atoms with van der Waals surface area (Å²) in [7, 11) is -3.43. The van der Waals surface area contributed by atoms with Crippen molar-refractivity contribution in [1.82, 2.24) is 4.31 Å². The topological polar surface area (TPSA) is 87.8 Å². The first kappa shape index (κ1) is 23.6. The number of rotatable bonds is 5. The maximum absolute atomic E-state index is 12.8. The molecule has 1 heterocycles. The van der Waals surface area contributed by atoms with Crippen LogP contribution in [0.1, 0.15) is 30.9 Å². The van der Waals surface area contributed by atoms with Crippen LogP contribution in [0.15, 0.2) is 58.4 Å². The Morgan fingerprint density at radius 2 is 1.97 bits per heavy atom. The molecule has 29 heavy (non-hydrogen) atoms. The monoisotopic (exact) mass is 528 g/mol. The molecule has 1 fully saturated rings. The van der Waals surface area contributed by atoms with Crippen LogP contribution in [0.5, 0.6) is 0 Å². The van der Waals surface area contributed by atoms with E-state index in [1.165, 1.54) is 0 Å². The van der Waals surface area contributed by atoms with Gasteiger partial charge in [-0.15, -0.1) is 24.0 Å². The number of sulfonamides is 1. The number of anilines is 1. The minimum absolute atomic E-state index is 0. The van der Waals surface area contributed by atoms with Crippen molar-refractivity contribution in [3.63, 3.8) is 0 Å². The first-order valence-electron chi connectivity index (χ1n) is 9.57. The molecule has 0 saturated carbocycles. The number of aliphatic imine (C=N–C) groups is 1. The fraction of sp³-hybridized carbons (Fsp3) is 0.381. The Morgan fingerprint density at radius 3 is 2.62 bits per heavy atom. The van der Waals surface area contributed by atoms with Crippen molar-refractivity contribution < 1.29 is 8.42 Å². The predicted octanol–water partition coefficient (Wildman–Crippen LogP) is 3.96. The maximum atomic E-state index is 12.8. The lowest BCUT2D eigenvalue weighted by molar-refractivity contribution is 0.281. The number of hydrogen-bond acceptors (Lipinski definition) is 3. The third-order valence-corrected chi connectivity index (χ3v) is 6.78. The zero-order valence-electron chi connectivity index (χ0n) is 16.8. The summed E-state index contributed by atoms with van der Waals surface area (Å²) in [6.45, 7) is 5.68. The van der Waals surface area contributed by atoms with E-state index < -0.39 is 10.0 Å². The Balaban J connectivity index is 0.00000300.